The molecule has 0 bridgehead atoms. The second-order valence-electron chi connectivity index (χ2n) is 4.28. The van der Waals surface area contributed by atoms with Gasteiger partial charge >= 0.3 is 0 Å². The van der Waals surface area contributed by atoms with Crippen LogP contribution in [0.2, 0.25) is 0 Å². The highest BCUT2D eigenvalue weighted by Crippen LogP contribution is 2.24. The summed E-state index contributed by atoms with van der Waals surface area (Å²) in [5.41, 5.74) is 0.107. The molecule has 2 aromatic rings. The lowest BCUT2D eigenvalue weighted by atomic mass is 10.1. The fourth-order valence-corrected chi connectivity index (χ4v) is 1.68. The molecule has 0 aliphatic heterocycles. The van der Waals surface area contributed by atoms with Crippen molar-refractivity contribution in [1.82, 2.24) is 19.7 Å². The van der Waals surface area contributed by atoms with Crippen LogP contribution in [-0.2, 0) is 0 Å². The van der Waals surface area contributed by atoms with Crippen LogP contribution < -0.4 is 0 Å². The second-order valence-corrected chi connectivity index (χ2v) is 4.28. The van der Waals surface area contributed by atoms with Crippen LogP contribution in [0, 0.1) is 21.4 Å². The molecule has 0 aliphatic rings. The van der Waals surface area contributed by atoms with Gasteiger partial charge in [0.05, 0.1) is 4.92 Å². The van der Waals surface area contributed by atoms with Gasteiger partial charge in [0.2, 0.25) is 0 Å². The number of carbonyl (C=O) groups is 1. The number of nitriles is 1. The van der Waals surface area contributed by atoms with Crippen LogP contribution in [-0.4, -0.2) is 44.6 Å². The molecule has 9 nitrogen and oxygen atoms in total. The van der Waals surface area contributed by atoms with E-state index in [1.165, 1.54) is 29.4 Å². The number of aromatic nitrogens is 3. The first kappa shape index (κ1) is 14.1. The zero-order valence-electron chi connectivity index (χ0n) is 11.2. The highest BCUT2D eigenvalue weighted by atomic mass is 16.6. The van der Waals surface area contributed by atoms with Gasteiger partial charge in [-0.2, -0.15) is 5.26 Å². The number of carbonyl (C=O) groups excluding carboxylic acids is 1. The first-order valence-corrected chi connectivity index (χ1v) is 5.76. The maximum atomic E-state index is 11.9. The monoisotopic (exact) mass is 286 g/mol. The summed E-state index contributed by atoms with van der Waals surface area (Å²) in [7, 11) is 3.15. The Kier molecular flexibility index (Phi) is 3.62. The van der Waals surface area contributed by atoms with Crippen molar-refractivity contribution in [3.63, 3.8) is 0 Å². The predicted octanol–water partition coefficient (Wildman–Crippen LogP) is 0.749. The predicted molar refractivity (Wildman–Crippen MR) is 70.7 cm³/mol. The van der Waals surface area contributed by atoms with Crippen molar-refractivity contribution in [2.45, 2.75) is 0 Å². The third-order valence-electron chi connectivity index (χ3n) is 2.66. The van der Waals surface area contributed by atoms with Crippen molar-refractivity contribution < 1.29 is 9.72 Å². The Morgan fingerprint density at radius 1 is 1.48 bits per heavy atom. The van der Waals surface area contributed by atoms with Crippen LogP contribution in [0.15, 0.2) is 24.5 Å². The SMILES string of the molecule is CN(C)C(=O)c1ccc([N+](=O)[O-])c(-n2cnc(C#N)n2)c1. The summed E-state index contributed by atoms with van der Waals surface area (Å²) in [4.78, 5) is 27.5. The fraction of sp³-hybridized carbons (Fsp3) is 0.167. The van der Waals surface area contributed by atoms with E-state index in [0.717, 1.165) is 4.68 Å². The van der Waals surface area contributed by atoms with Gasteiger partial charge in [0.25, 0.3) is 17.4 Å². The number of hydrogen-bond acceptors (Lipinski definition) is 6. The third-order valence-corrected chi connectivity index (χ3v) is 2.66. The summed E-state index contributed by atoms with van der Waals surface area (Å²) in [6.07, 6.45) is 1.19. The molecule has 0 atom stereocenters. The largest absolute Gasteiger partial charge is 0.345 e. The first-order chi connectivity index (χ1) is 9.93. The third kappa shape index (κ3) is 2.69. The normalized spacial score (nSPS) is 9.95. The van der Waals surface area contributed by atoms with Crippen molar-refractivity contribution in [1.29, 1.82) is 5.26 Å². The van der Waals surface area contributed by atoms with Crippen molar-refractivity contribution in [2.24, 2.45) is 0 Å². The van der Waals surface area contributed by atoms with Crippen LogP contribution in [0.1, 0.15) is 16.2 Å². The van der Waals surface area contributed by atoms with E-state index in [0.29, 0.717) is 0 Å². The minimum absolute atomic E-state index is 0.0710. The smallest absolute Gasteiger partial charge is 0.294 e. The Labute approximate surface area is 119 Å². The zero-order chi connectivity index (χ0) is 15.6. The average Bonchev–Trinajstić information content (AvgIpc) is 2.94. The lowest BCUT2D eigenvalue weighted by molar-refractivity contribution is -0.384. The second kappa shape index (κ2) is 5.38. The first-order valence-electron chi connectivity index (χ1n) is 5.76. The molecule has 21 heavy (non-hydrogen) atoms. The van der Waals surface area contributed by atoms with Gasteiger partial charge in [-0.15, -0.1) is 5.10 Å². The number of rotatable bonds is 3. The van der Waals surface area contributed by atoms with Gasteiger partial charge in [-0.3, -0.25) is 14.9 Å². The van der Waals surface area contributed by atoms with E-state index < -0.39 is 4.92 Å². The lowest BCUT2D eigenvalue weighted by Crippen LogP contribution is -2.22. The topological polar surface area (TPSA) is 118 Å². The Balaban J connectivity index is 2.60. The van der Waals surface area contributed by atoms with E-state index in [4.69, 9.17) is 5.26 Å². The van der Waals surface area contributed by atoms with E-state index in [-0.39, 0.29) is 28.7 Å². The van der Waals surface area contributed by atoms with E-state index >= 15 is 0 Å². The highest BCUT2D eigenvalue weighted by molar-refractivity contribution is 5.95. The zero-order valence-corrected chi connectivity index (χ0v) is 11.2. The van der Waals surface area contributed by atoms with Crippen molar-refractivity contribution in [3.05, 3.63) is 46.0 Å². The van der Waals surface area contributed by atoms with Gasteiger partial charge < -0.3 is 4.90 Å². The minimum atomic E-state index is -0.590. The van der Waals surface area contributed by atoms with Crippen molar-refractivity contribution >= 4 is 11.6 Å². The van der Waals surface area contributed by atoms with Crippen LogP contribution in [0.4, 0.5) is 5.69 Å². The number of nitro benzene ring substituents is 1. The molecule has 0 saturated heterocycles. The molecule has 9 heteroatoms. The summed E-state index contributed by atoms with van der Waals surface area (Å²) >= 11 is 0. The van der Waals surface area contributed by atoms with Gasteiger partial charge in [-0.25, -0.2) is 9.67 Å². The number of benzene rings is 1. The lowest BCUT2D eigenvalue weighted by Gasteiger charge is -2.11. The Bertz CT molecular complexity index is 759. The van der Waals surface area contributed by atoms with Crippen LogP contribution in [0.25, 0.3) is 5.69 Å². The Morgan fingerprint density at radius 2 is 2.19 bits per heavy atom. The summed E-state index contributed by atoms with van der Waals surface area (Å²) in [6, 6.07) is 5.67. The Morgan fingerprint density at radius 3 is 2.71 bits per heavy atom. The Hall–Kier alpha value is -3.28. The molecule has 1 amide bonds. The van der Waals surface area contributed by atoms with Crippen molar-refractivity contribution in [2.75, 3.05) is 14.1 Å². The molecule has 0 N–H and O–H groups in total. The highest BCUT2D eigenvalue weighted by Gasteiger charge is 2.20. The number of nitro groups is 1. The molecule has 2 rings (SSSR count). The van der Waals surface area contributed by atoms with E-state index in [1.807, 2.05) is 0 Å². The number of amides is 1. The summed E-state index contributed by atoms with van der Waals surface area (Å²) in [5.74, 6) is -0.416. The standard InChI is InChI=1S/C12H10N6O3/c1-16(2)12(19)8-3-4-9(18(20)21)10(5-8)17-7-14-11(6-13)15-17/h3-5,7H,1-2H3. The molecule has 1 aromatic heterocycles. The van der Waals surface area contributed by atoms with Crippen LogP contribution in [0.3, 0.4) is 0 Å². The minimum Gasteiger partial charge on any atom is -0.345 e. The molecule has 0 spiro atoms. The summed E-state index contributed by atoms with van der Waals surface area (Å²) < 4.78 is 1.10. The van der Waals surface area contributed by atoms with Gasteiger partial charge in [0, 0.05) is 25.7 Å². The number of nitrogens with zero attached hydrogens (tertiary/aromatic N) is 6. The van der Waals surface area contributed by atoms with E-state index in [1.54, 1.807) is 20.2 Å². The molecular formula is C12H10N6O3. The van der Waals surface area contributed by atoms with E-state index in [2.05, 4.69) is 10.1 Å². The molecule has 0 fully saturated rings. The quantitative estimate of drug-likeness (QED) is 0.606. The average molecular weight is 286 g/mol. The van der Waals surface area contributed by atoms with Crippen molar-refractivity contribution in [3.8, 4) is 11.8 Å². The molecule has 1 heterocycles. The maximum Gasteiger partial charge on any atom is 0.294 e. The molecule has 0 radical (unpaired) electrons. The van der Waals surface area contributed by atoms with Gasteiger partial charge in [-0.05, 0) is 12.1 Å². The molecule has 0 aliphatic carbocycles. The number of hydrogen-bond donors (Lipinski definition) is 0. The van der Waals surface area contributed by atoms with Gasteiger partial charge in [0.15, 0.2) is 0 Å². The van der Waals surface area contributed by atoms with Gasteiger partial charge in [0.1, 0.15) is 18.1 Å². The van der Waals surface area contributed by atoms with Crippen LogP contribution >= 0.6 is 0 Å². The summed E-state index contributed by atoms with van der Waals surface area (Å²) in [5, 5.41) is 23.6. The molecular weight excluding hydrogens is 276 g/mol. The molecule has 106 valence electrons. The van der Waals surface area contributed by atoms with E-state index in [9.17, 15) is 14.9 Å². The maximum absolute atomic E-state index is 11.9. The molecule has 0 saturated carbocycles. The molecule has 0 unspecified atom stereocenters. The summed E-state index contributed by atoms with van der Waals surface area (Å²) in [6.45, 7) is 0. The van der Waals surface area contributed by atoms with Crippen LogP contribution in [0.5, 0.6) is 0 Å². The molecule has 1 aromatic carbocycles. The van der Waals surface area contributed by atoms with Gasteiger partial charge in [-0.1, -0.05) is 0 Å². The fourth-order valence-electron chi connectivity index (χ4n) is 1.68.